The van der Waals surface area contributed by atoms with E-state index >= 15 is 0 Å². The van der Waals surface area contributed by atoms with Crippen molar-refractivity contribution in [1.82, 2.24) is 5.32 Å². The lowest BCUT2D eigenvalue weighted by molar-refractivity contribution is -0.275. The number of alkyl halides is 3. The summed E-state index contributed by atoms with van der Waals surface area (Å²) in [7, 11) is 0. The monoisotopic (exact) mass is 259 g/mol. The molecule has 1 aromatic carbocycles. The van der Waals surface area contributed by atoms with Crippen LogP contribution < -0.4 is 10.1 Å². The van der Waals surface area contributed by atoms with Gasteiger partial charge >= 0.3 is 6.36 Å². The molecule has 2 nitrogen and oxygen atoms in total. The summed E-state index contributed by atoms with van der Waals surface area (Å²) in [5.41, 5.74) is 0.656. The summed E-state index contributed by atoms with van der Waals surface area (Å²) in [6.45, 7) is 2.87. The number of nitrogens with one attached hydrogen (secondary N) is 1. The number of ether oxygens (including phenoxy) is 1. The van der Waals surface area contributed by atoms with Crippen LogP contribution in [0.5, 0.6) is 5.75 Å². The van der Waals surface area contributed by atoms with Crippen molar-refractivity contribution in [3.05, 3.63) is 29.8 Å². The molecule has 1 saturated heterocycles. The number of hydrogen-bond donors (Lipinski definition) is 1. The molecule has 2 atom stereocenters. The van der Waals surface area contributed by atoms with Crippen LogP contribution in [0.1, 0.15) is 31.2 Å². The topological polar surface area (TPSA) is 21.3 Å². The van der Waals surface area contributed by atoms with Gasteiger partial charge in [0.2, 0.25) is 0 Å². The predicted molar refractivity (Wildman–Crippen MR) is 62.6 cm³/mol. The summed E-state index contributed by atoms with van der Waals surface area (Å²) >= 11 is 0. The fourth-order valence-electron chi connectivity index (χ4n) is 2.45. The average Bonchev–Trinajstić information content (AvgIpc) is 2.27. The maximum atomic E-state index is 12.3. The van der Waals surface area contributed by atoms with E-state index < -0.39 is 6.36 Å². The van der Waals surface area contributed by atoms with E-state index in [1.165, 1.54) is 6.07 Å². The summed E-state index contributed by atoms with van der Waals surface area (Å²) in [6, 6.07) is 6.75. The van der Waals surface area contributed by atoms with Crippen molar-refractivity contribution in [1.29, 1.82) is 0 Å². The van der Waals surface area contributed by atoms with E-state index in [1.807, 2.05) is 6.92 Å². The second-order valence-electron chi connectivity index (χ2n) is 4.66. The van der Waals surface area contributed by atoms with E-state index in [1.54, 1.807) is 18.2 Å². The van der Waals surface area contributed by atoms with E-state index in [0.29, 0.717) is 11.6 Å². The molecule has 0 saturated carbocycles. The molecular weight excluding hydrogens is 243 g/mol. The zero-order chi connectivity index (χ0) is 13.2. The van der Waals surface area contributed by atoms with Crippen LogP contribution in [0.2, 0.25) is 0 Å². The van der Waals surface area contributed by atoms with E-state index in [-0.39, 0.29) is 11.7 Å². The first-order valence-corrected chi connectivity index (χ1v) is 6.04. The van der Waals surface area contributed by atoms with Gasteiger partial charge in [-0.25, -0.2) is 0 Å². The van der Waals surface area contributed by atoms with Crippen LogP contribution in [0.3, 0.4) is 0 Å². The van der Waals surface area contributed by atoms with Crippen molar-refractivity contribution < 1.29 is 17.9 Å². The molecule has 0 radical (unpaired) electrons. The highest BCUT2D eigenvalue weighted by molar-refractivity contribution is 5.36. The summed E-state index contributed by atoms with van der Waals surface area (Å²) in [5, 5.41) is 3.29. The molecule has 18 heavy (non-hydrogen) atoms. The minimum absolute atomic E-state index is 0.0656. The molecule has 1 aliphatic heterocycles. The molecule has 0 bridgehead atoms. The van der Waals surface area contributed by atoms with Gasteiger partial charge in [-0.3, -0.25) is 0 Å². The summed E-state index contributed by atoms with van der Waals surface area (Å²) in [5.74, 6) is 0.0592. The minimum Gasteiger partial charge on any atom is -0.405 e. The Morgan fingerprint density at radius 2 is 2.00 bits per heavy atom. The van der Waals surface area contributed by atoms with Crippen LogP contribution in [0.15, 0.2) is 24.3 Å². The molecule has 1 aliphatic rings. The van der Waals surface area contributed by atoms with Gasteiger partial charge in [-0.1, -0.05) is 18.2 Å². The molecule has 100 valence electrons. The second kappa shape index (κ2) is 5.18. The maximum absolute atomic E-state index is 12.3. The highest BCUT2D eigenvalue weighted by atomic mass is 19.4. The summed E-state index contributed by atoms with van der Waals surface area (Å²) < 4.78 is 41.1. The lowest BCUT2D eigenvalue weighted by Gasteiger charge is -2.29. The largest absolute Gasteiger partial charge is 0.573 e. The van der Waals surface area contributed by atoms with Gasteiger partial charge in [0.15, 0.2) is 0 Å². The summed E-state index contributed by atoms with van der Waals surface area (Å²) in [4.78, 5) is 0. The van der Waals surface area contributed by atoms with Crippen LogP contribution >= 0.6 is 0 Å². The van der Waals surface area contributed by atoms with Crippen LogP contribution in [0.4, 0.5) is 13.2 Å². The van der Waals surface area contributed by atoms with Crippen LogP contribution in [-0.4, -0.2) is 18.9 Å². The van der Waals surface area contributed by atoms with Gasteiger partial charge in [-0.05, 0) is 43.9 Å². The Balaban J connectivity index is 2.21. The Morgan fingerprint density at radius 1 is 1.28 bits per heavy atom. The Morgan fingerprint density at radius 3 is 2.67 bits per heavy atom. The van der Waals surface area contributed by atoms with Gasteiger partial charge in [-0.15, -0.1) is 13.2 Å². The van der Waals surface area contributed by atoms with Crippen molar-refractivity contribution in [2.75, 3.05) is 6.54 Å². The molecule has 0 aromatic heterocycles. The average molecular weight is 259 g/mol. The van der Waals surface area contributed by atoms with E-state index in [2.05, 4.69) is 10.1 Å². The zero-order valence-electron chi connectivity index (χ0n) is 10.1. The van der Waals surface area contributed by atoms with Gasteiger partial charge in [0.1, 0.15) is 5.75 Å². The number of halogens is 3. The van der Waals surface area contributed by atoms with Crippen molar-refractivity contribution >= 4 is 0 Å². The molecule has 0 amide bonds. The Labute approximate surface area is 104 Å². The van der Waals surface area contributed by atoms with E-state index in [9.17, 15) is 13.2 Å². The molecule has 0 aliphatic carbocycles. The van der Waals surface area contributed by atoms with Crippen molar-refractivity contribution in [2.24, 2.45) is 0 Å². The molecule has 1 N–H and O–H groups in total. The normalized spacial score (nSPS) is 24.9. The van der Waals surface area contributed by atoms with Gasteiger partial charge in [0, 0.05) is 6.04 Å². The van der Waals surface area contributed by atoms with Crippen molar-refractivity contribution in [3.63, 3.8) is 0 Å². The molecule has 1 aromatic rings. The highest BCUT2D eigenvalue weighted by Gasteiger charge is 2.33. The van der Waals surface area contributed by atoms with E-state index in [4.69, 9.17) is 0 Å². The molecule has 2 rings (SSSR count). The Bertz CT molecular complexity index is 405. The van der Waals surface area contributed by atoms with Gasteiger partial charge < -0.3 is 10.1 Å². The molecule has 5 heteroatoms. The molecular formula is C13H16F3NO. The first-order valence-electron chi connectivity index (χ1n) is 6.04. The lowest BCUT2D eigenvalue weighted by Crippen LogP contribution is -2.35. The third kappa shape index (κ3) is 3.38. The number of benzene rings is 1. The quantitative estimate of drug-likeness (QED) is 0.878. The SMILES string of the molecule is CC1CC(c2ccccc2OC(F)(F)F)CCN1. The third-order valence-electron chi connectivity index (χ3n) is 3.21. The Hall–Kier alpha value is -1.23. The highest BCUT2D eigenvalue weighted by Crippen LogP contribution is 2.36. The van der Waals surface area contributed by atoms with Crippen molar-refractivity contribution in [2.45, 2.75) is 38.1 Å². The smallest absolute Gasteiger partial charge is 0.405 e. The zero-order valence-corrected chi connectivity index (χ0v) is 10.1. The van der Waals surface area contributed by atoms with Crippen LogP contribution in [-0.2, 0) is 0 Å². The fourth-order valence-corrected chi connectivity index (χ4v) is 2.45. The van der Waals surface area contributed by atoms with Crippen molar-refractivity contribution in [3.8, 4) is 5.75 Å². The van der Waals surface area contributed by atoms with Gasteiger partial charge in [-0.2, -0.15) is 0 Å². The third-order valence-corrected chi connectivity index (χ3v) is 3.21. The van der Waals surface area contributed by atoms with Crippen LogP contribution in [0.25, 0.3) is 0 Å². The second-order valence-corrected chi connectivity index (χ2v) is 4.66. The van der Waals surface area contributed by atoms with E-state index in [0.717, 1.165) is 19.4 Å². The molecule has 1 fully saturated rings. The van der Waals surface area contributed by atoms with Gasteiger partial charge in [0.05, 0.1) is 0 Å². The van der Waals surface area contributed by atoms with Gasteiger partial charge in [0.25, 0.3) is 0 Å². The molecule has 0 spiro atoms. The standard InChI is InChI=1S/C13H16F3NO/c1-9-8-10(6-7-17-9)11-4-2-3-5-12(11)18-13(14,15)16/h2-5,9-10,17H,6-8H2,1H3. The number of hydrogen-bond acceptors (Lipinski definition) is 2. The molecule has 2 unspecified atom stereocenters. The predicted octanol–water partition coefficient (Wildman–Crippen LogP) is 3.44. The Kier molecular flexibility index (Phi) is 3.80. The fraction of sp³-hybridized carbons (Fsp3) is 0.538. The first-order chi connectivity index (χ1) is 8.46. The number of rotatable bonds is 2. The lowest BCUT2D eigenvalue weighted by atomic mass is 9.86. The van der Waals surface area contributed by atoms with Crippen LogP contribution in [0, 0.1) is 0 Å². The summed E-state index contributed by atoms with van der Waals surface area (Å²) in [6.07, 6.45) is -2.96. The number of piperidine rings is 1. The first kappa shape index (κ1) is 13.2. The molecule has 1 heterocycles. The minimum atomic E-state index is -4.63. The maximum Gasteiger partial charge on any atom is 0.573 e. The number of para-hydroxylation sites is 1.